The number of rotatable bonds is 3. The molecule has 0 saturated heterocycles. The zero-order valence-electron chi connectivity index (χ0n) is 11.8. The van der Waals surface area contributed by atoms with Crippen molar-refractivity contribution in [1.82, 2.24) is 24.6 Å². The SMILES string of the molecule is CC(C)n1cc(CN2CCc3[nH]c(=S)ncc3C2)cn1. The predicted octanol–water partition coefficient (Wildman–Crippen LogP) is 2.47. The van der Waals surface area contributed by atoms with Crippen molar-refractivity contribution in [2.45, 2.75) is 39.4 Å². The van der Waals surface area contributed by atoms with Crippen LogP contribution in [0.25, 0.3) is 0 Å². The Balaban J connectivity index is 1.70. The first-order chi connectivity index (χ1) is 9.61. The molecule has 2 aromatic heterocycles. The van der Waals surface area contributed by atoms with E-state index in [0.717, 1.165) is 26.1 Å². The molecule has 0 unspecified atom stereocenters. The molecule has 0 spiro atoms. The third kappa shape index (κ3) is 2.81. The number of H-pyrrole nitrogens is 1. The summed E-state index contributed by atoms with van der Waals surface area (Å²) in [6.45, 7) is 7.17. The minimum Gasteiger partial charge on any atom is -0.334 e. The highest BCUT2D eigenvalue weighted by Gasteiger charge is 2.17. The third-order valence-electron chi connectivity index (χ3n) is 3.65. The fraction of sp³-hybridized carbons (Fsp3) is 0.500. The van der Waals surface area contributed by atoms with E-state index < -0.39 is 0 Å². The molecule has 0 atom stereocenters. The molecule has 0 radical (unpaired) electrons. The van der Waals surface area contributed by atoms with Crippen LogP contribution in [0, 0.1) is 4.77 Å². The molecule has 0 fully saturated rings. The van der Waals surface area contributed by atoms with E-state index >= 15 is 0 Å². The van der Waals surface area contributed by atoms with Gasteiger partial charge in [-0.05, 0) is 26.1 Å². The summed E-state index contributed by atoms with van der Waals surface area (Å²) in [5, 5.41) is 4.39. The Morgan fingerprint density at radius 2 is 2.25 bits per heavy atom. The maximum absolute atomic E-state index is 5.07. The number of aromatic amines is 1. The number of hydrogen-bond acceptors (Lipinski definition) is 4. The van der Waals surface area contributed by atoms with Gasteiger partial charge in [0.25, 0.3) is 0 Å². The van der Waals surface area contributed by atoms with Crippen LogP contribution in [0.15, 0.2) is 18.6 Å². The zero-order valence-corrected chi connectivity index (χ0v) is 12.7. The summed E-state index contributed by atoms with van der Waals surface area (Å²) >= 11 is 5.07. The molecular weight excluding hydrogens is 270 g/mol. The summed E-state index contributed by atoms with van der Waals surface area (Å²) in [7, 11) is 0. The van der Waals surface area contributed by atoms with Gasteiger partial charge in [-0.25, -0.2) is 4.98 Å². The van der Waals surface area contributed by atoms with E-state index in [-0.39, 0.29) is 0 Å². The summed E-state index contributed by atoms with van der Waals surface area (Å²) in [5.74, 6) is 0. The van der Waals surface area contributed by atoms with E-state index in [1.54, 1.807) is 0 Å². The molecule has 6 heteroatoms. The van der Waals surface area contributed by atoms with Gasteiger partial charge >= 0.3 is 0 Å². The first-order valence-corrected chi connectivity index (χ1v) is 7.35. The van der Waals surface area contributed by atoms with Gasteiger partial charge in [0.05, 0.1) is 6.20 Å². The number of hydrogen-bond donors (Lipinski definition) is 1. The molecule has 20 heavy (non-hydrogen) atoms. The van der Waals surface area contributed by atoms with Crippen molar-refractivity contribution in [3.05, 3.63) is 40.2 Å². The van der Waals surface area contributed by atoms with E-state index in [0.29, 0.717) is 10.8 Å². The molecule has 2 aromatic rings. The van der Waals surface area contributed by atoms with E-state index in [4.69, 9.17) is 12.2 Å². The van der Waals surface area contributed by atoms with Crippen molar-refractivity contribution < 1.29 is 0 Å². The molecule has 1 N–H and O–H groups in total. The van der Waals surface area contributed by atoms with E-state index in [1.807, 2.05) is 17.1 Å². The lowest BCUT2D eigenvalue weighted by Gasteiger charge is -2.27. The topological polar surface area (TPSA) is 49.7 Å². The lowest BCUT2D eigenvalue weighted by molar-refractivity contribution is 0.242. The van der Waals surface area contributed by atoms with Crippen molar-refractivity contribution >= 4 is 12.2 Å². The minimum atomic E-state index is 0.412. The van der Waals surface area contributed by atoms with Gasteiger partial charge in [-0.2, -0.15) is 5.10 Å². The highest BCUT2D eigenvalue weighted by Crippen LogP contribution is 2.18. The van der Waals surface area contributed by atoms with Crippen LogP contribution in [-0.2, 0) is 19.5 Å². The maximum Gasteiger partial charge on any atom is 0.196 e. The van der Waals surface area contributed by atoms with E-state index in [2.05, 4.69) is 40.0 Å². The second kappa shape index (κ2) is 5.46. The molecule has 3 rings (SSSR count). The Bertz CT molecular complexity index is 658. The van der Waals surface area contributed by atoms with Crippen molar-refractivity contribution in [2.75, 3.05) is 6.54 Å². The van der Waals surface area contributed by atoms with Crippen LogP contribution < -0.4 is 0 Å². The second-order valence-electron chi connectivity index (χ2n) is 5.58. The Hall–Kier alpha value is -1.53. The molecule has 5 nitrogen and oxygen atoms in total. The van der Waals surface area contributed by atoms with Crippen molar-refractivity contribution in [1.29, 1.82) is 0 Å². The van der Waals surface area contributed by atoms with Crippen LogP contribution in [0.1, 0.15) is 36.7 Å². The predicted molar refractivity (Wildman–Crippen MR) is 79.9 cm³/mol. The second-order valence-corrected chi connectivity index (χ2v) is 5.96. The smallest absolute Gasteiger partial charge is 0.196 e. The van der Waals surface area contributed by atoms with Crippen LogP contribution >= 0.6 is 12.2 Å². The third-order valence-corrected chi connectivity index (χ3v) is 3.85. The molecule has 0 aliphatic carbocycles. The average Bonchev–Trinajstić information content (AvgIpc) is 2.88. The van der Waals surface area contributed by atoms with Gasteiger partial charge in [-0.1, -0.05) is 0 Å². The van der Waals surface area contributed by atoms with Gasteiger partial charge < -0.3 is 4.98 Å². The van der Waals surface area contributed by atoms with Gasteiger partial charge in [0.2, 0.25) is 0 Å². The highest BCUT2D eigenvalue weighted by molar-refractivity contribution is 7.71. The van der Waals surface area contributed by atoms with Gasteiger partial charge in [0.1, 0.15) is 0 Å². The summed E-state index contributed by atoms with van der Waals surface area (Å²) in [6, 6.07) is 0.412. The molecule has 0 aromatic carbocycles. The molecule has 0 bridgehead atoms. The maximum atomic E-state index is 5.07. The van der Waals surface area contributed by atoms with Crippen molar-refractivity contribution in [3.63, 3.8) is 0 Å². The fourth-order valence-electron chi connectivity index (χ4n) is 2.54. The average molecular weight is 289 g/mol. The molecule has 0 saturated carbocycles. The van der Waals surface area contributed by atoms with Gasteiger partial charge in [-0.15, -0.1) is 0 Å². The van der Waals surface area contributed by atoms with E-state index in [9.17, 15) is 0 Å². The van der Waals surface area contributed by atoms with Gasteiger partial charge in [0, 0.05) is 61.3 Å². The van der Waals surface area contributed by atoms with E-state index in [1.165, 1.54) is 16.8 Å². The van der Waals surface area contributed by atoms with Crippen LogP contribution in [0.4, 0.5) is 0 Å². The molecule has 0 amide bonds. The first kappa shape index (κ1) is 13.5. The number of fused-ring (bicyclic) bond motifs is 1. The number of aromatic nitrogens is 4. The van der Waals surface area contributed by atoms with Crippen molar-refractivity contribution in [2.24, 2.45) is 0 Å². The summed E-state index contributed by atoms with van der Waals surface area (Å²) < 4.78 is 2.59. The van der Waals surface area contributed by atoms with Crippen LogP contribution in [0.2, 0.25) is 0 Å². The Morgan fingerprint density at radius 3 is 3.00 bits per heavy atom. The quantitative estimate of drug-likeness (QED) is 0.882. The summed E-state index contributed by atoms with van der Waals surface area (Å²) in [5.41, 5.74) is 3.75. The molecular formula is C14H19N5S. The molecule has 1 aliphatic heterocycles. The number of nitrogens with zero attached hydrogens (tertiary/aromatic N) is 4. The van der Waals surface area contributed by atoms with Gasteiger partial charge in [-0.3, -0.25) is 9.58 Å². The highest BCUT2D eigenvalue weighted by atomic mass is 32.1. The lowest BCUT2D eigenvalue weighted by Crippen LogP contribution is -2.30. The van der Waals surface area contributed by atoms with Crippen LogP contribution in [-0.4, -0.2) is 31.2 Å². The van der Waals surface area contributed by atoms with Gasteiger partial charge in [0.15, 0.2) is 4.77 Å². The first-order valence-electron chi connectivity index (χ1n) is 6.94. The molecule has 3 heterocycles. The summed E-state index contributed by atoms with van der Waals surface area (Å²) in [6.07, 6.45) is 7.00. The molecule has 1 aliphatic rings. The number of nitrogens with one attached hydrogen (secondary N) is 1. The largest absolute Gasteiger partial charge is 0.334 e. The monoisotopic (exact) mass is 289 g/mol. The standard InChI is InChI=1S/C14H19N5S/c1-10(2)19-8-11(5-16-19)7-18-4-3-13-12(9-18)6-15-14(20)17-13/h5-6,8,10H,3-4,7,9H2,1-2H3,(H,15,17,20). The normalized spacial score (nSPS) is 15.6. The fourth-order valence-corrected chi connectivity index (χ4v) is 2.72. The Labute approximate surface area is 123 Å². The van der Waals surface area contributed by atoms with Crippen molar-refractivity contribution in [3.8, 4) is 0 Å². The Kier molecular flexibility index (Phi) is 3.67. The minimum absolute atomic E-state index is 0.412. The van der Waals surface area contributed by atoms with Crippen LogP contribution in [0.3, 0.4) is 0 Å². The Morgan fingerprint density at radius 1 is 1.40 bits per heavy atom. The summed E-state index contributed by atoms with van der Waals surface area (Å²) in [4.78, 5) is 9.79. The molecule has 106 valence electrons. The zero-order chi connectivity index (χ0) is 14.1. The lowest BCUT2D eigenvalue weighted by atomic mass is 10.1. The van der Waals surface area contributed by atoms with Crippen LogP contribution in [0.5, 0.6) is 0 Å².